The lowest BCUT2D eigenvalue weighted by molar-refractivity contribution is -0.198. The number of aliphatic hydroxyl groups is 4. The van der Waals surface area contributed by atoms with Crippen LogP contribution in [0.15, 0.2) is 12.2 Å². The average Bonchev–Trinajstić information content (AvgIpc) is 2.77. The molecule has 4 aliphatic rings. The van der Waals surface area contributed by atoms with E-state index in [1.165, 1.54) is 6.92 Å². The molecule has 2 bridgehead atoms. The predicted octanol–water partition coefficient (Wildman–Crippen LogP) is 1.54. The second-order valence-electron chi connectivity index (χ2n) is 10.7. The van der Waals surface area contributed by atoms with Gasteiger partial charge in [0.1, 0.15) is 11.7 Å². The molecule has 28 heavy (non-hydrogen) atoms. The molecular formula is C22H34O6. The molecule has 4 fully saturated rings. The highest BCUT2D eigenvalue weighted by Gasteiger charge is 2.73. The molecule has 4 saturated carbocycles. The van der Waals surface area contributed by atoms with Crippen molar-refractivity contribution in [3.8, 4) is 0 Å². The molecule has 4 aliphatic carbocycles. The van der Waals surface area contributed by atoms with Crippen molar-refractivity contribution in [2.75, 3.05) is 0 Å². The van der Waals surface area contributed by atoms with Gasteiger partial charge in [-0.1, -0.05) is 26.0 Å². The summed E-state index contributed by atoms with van der Waals surface area (Å²) in [6.45, 7) is 11.0. The molecule has 1 spiro atoms. The second-order valence-corrected chi connectivity index (χ2v) is 10.7. The molecule has 0 amide bonds. The van der Waals surface area contributed by atoms with Gasteiger partial charge in [-0.25, -0.2) is 0 Å². The highest BCUT2D eigenvalue weighted by atomic mass is 16.6. The molecule has 9 atom stereocenters. The van der Waals surface area contributed by atoms with Gasteiger partial charge in [-0.05, 0) is 44.9 Å². The van der Waals surface area contributed by atoms with E-state index in [0.717, 1.165) is 12.0 Å². The van der Waals surface area contributed by atoms with E-state index >= 15 is 0 Å². The van der Waals surface area contributed by atoms with Gasteiger partial charge in [-0.3, -0.25) is 4.79 Å². The standard InChI is InChI=1S/C22H34O6/c1-11-13-6-7-14-18(25)21(13,10-20(14,5)26)9-17(28-12(2)23)22(27)15(11)8-16(24)19(22,3)4/h13-18,24-27H,1,6-10H2,2-5H3/t13-,14+,15-,16-,17+,18+,20+,21-,22-/m0/s1. The molecule has 0 aromatic heterocycles. The van der Waals surface area contributed by atoms with Gasteiger partial charge < -0.3 is 25.2 Å². The molecule has 6 nitrogen and oxygen atoms in total. The minimum absolute atomic E-state index is 0.0918. The third-order valence-electron chi connectivity index (χ3n) is 9.03. The predicted molar refractivity (Wildman–Crippen MR) is 102 cm³/mol. The van der Waals surface area contributed by atoms with Gasteiger partial charge in [-0.15, -0.1) is 0 Å². The maximum absolute atomic E-state index is 12.0. The Hall–Kier alpha value is -0.950. The van der Waals surface area contributed by atoms with Crippen LogP contribution in [0.1, 0.15) is 59.8 Å². The van der Waals surface area contributed by atoms with E-state index in [9.17, 15) is 25.2 Å². The highest BCUT2D eigenvalue weighted by molar-refractivity contribution is 5.66. The molecule has 0 saturated heterocycles. The van der Waals surface area contributed by atoms with Gasteiger partial charge in [-0.2, -0.15) is 0 Å². The topological polar surface area (TPSA) is 107 Å². The third-order valence-corrected chi connectivity index (χ3v) is 9.03. The van der Waals surface area contributed by atoms with E-state index in [1.807, 2.05) is 0 Å². The summed E-state index contributed by atoms with van der Waals surface area (Å²) in [5.41, 5.74) is -3.27. The minimum atomic E-state index is -1.48. The Balaban J connectivity index is 1.89. The average molecular weight is 395 g/mol. The lowest BCUT2D eigenvalue weighted by atomic mass is 9.61. The Morgan fingerprint density at radius 1 is 1.14 bits per heavy atom. The zero-order chi connectivity index (χ0) is 20.9. The minimum Gasteiger partial charge on any atom is -0.459 e. The number of carbonyl (C=O) groups excluding carboxylic acids is 1. The fourth-order valence-corrected chi connectivity index (χ4v) is 7.53. The third kappa shape index (κ3) is 2.26. The van der Waals surface area contributed by atoms with Crippen molar-refractivity contribution in [2.45, 2.75) is 89.3 Å². The van der Waals surface area contributed by atoms with Gasteiger partial charge >= 0.3 is 5.97 Å². The molecule has 158 valence electrons. The molecule has 0 heterocycles. The summed E-state index contributed by atoms with van der Waals surface area (Å²) in [4.78, 5) is 12.0. The Morgan fingerprint density at radius 3 is 2.39 bits per heavy atom. The van der Waals surface area contributed by atoms with Crippen LogP contribution in [0.4, 0.5) is 0 Å². The lowest BCUT2D eigenvalue weighted by Gasteiger charge is -2.47. The van der Waals surface area contributed by atoms with Crippen molar-refractivity contribution in [1.29, 1.82) is 0 Å². The Labute approximate surface area is 166 Å². The van der Waals surface area contributed by atoms with Crippen molar-refractivity contribution >= 4 is 5.97 Å². The van der Waals surface area contributed by atoms with Crippen LogP contribution in [-0.2, 0) is 9.53 Å². The summed E-state index contributed by atoms with van der Waals surface area (Å²) in [6, 6.07) is 0. The molecular weight excluding hydrogens is 360 g/mol. The number of aliphatic hydroxyl groups excluding tert-OH is 2. The Morgan fingerprint density at radius 2 is 1.79 bits per heavy atom. The molecule has 0 radical (unpaired) electrons. The van der Waals surface area contributed by atoms with Crippen LogP contribution in [-0.4, -0.2) is 55.9 Å². The lowest BCUT2D eigenvalue weighted by Crippen LogP contribution is -2.58. The van der Waals surface area contributed by atoms with Crippen LogP contribution in [0.25, 0.3) is 0 Å². The van der Waals surface area contributed by atoms with E-state index in [2.05, 4.69) is 6.58 Å². The van der Waals surface area contributed by atoms with Crippen LogP contribution in [0.5, 0.6) is 0 Å². The molecule has 4 N–H and O–H groups in total. The number of fused-ring (bicyclic) bond motifs is 2. The number of hydrogen-bond acceptors (Lipinski definition) is 6. The SMILES string of the molecule is C=C1[C@@H]2CC[C@@H]3[C@@H](O)[C@@]2(C[C@@H](OC(C)=O)[C@@]2(O)[C@H]1C[C@H](O)C2(C)C)C[C@@]3(C)O. The maximum Gasteiger partial charge on any atom is 0.303 e. The van der Waals surface area contributed by atoms with Crippen LogP contribution in [0.2, 0.25) is 0 Å². The number of ether oxygens (including phenoxy) is 1. The van der Waals surface area contributed by atoms with Gasteiger partial charge in [0.25, 0.3) is 0 Å². The largest absolute Gasteiger partial charge is 0.459 e. The maximum atomic E-state index is 12.0. The summed E-state index contributed by atoms with van der Waals surface area (Å²) < 4.78 is 5.70. The van der Waals surface area contributed by atoms with Crippen molar-refractivity contribution in [3.63, 3.8) is 0 Å². The first-order valence-electron chi connectivity index (χ1n) is 10.5. The molecule has 6 heteroatoms. The normalized spacial score (nSPS) is 54.6. The van der Waals surface area contributed by atoms with Crippen LogP contribution in [0, 0.1) is 28.6 Å². The van der Waals surface area contributed by atoms with E-state index in [4.69, 9.17) is 4.74 Å². The van der Waals surface area contributed by atoms with E-state index in [0.29, 0.717) is 19.3 Å². The first-order valence-corrected chi connectivity index (χ1v) is 10.5. The van der Waals surface area contributed by atoms with E-state index in [-0.39, 0.29) is 18.3 Å². The summed E-state index contributed by atoms with van der Waals surface area (Å²) in [5.74, 6) is -1.26. The molecule has 4 rings (SSSR count). The van der Waals surface area contributed by atoms with Crippen LogP contribution in [0.3, 0.4) is 0 Å². The van der Waals surface area contributed by atoms with Crippen LogP contribution < -0.4 is 0 Å². The smallest absolute Gasteiger partial charge is 0.303 e. The molecule has 0 aliphatic heterocycles. The first-order chi connectivity index (χ1) is 12.8. The van der Waals surface area contributed by atoms with Gasteiger partial charge in [0.05, 0.1) is 17.8 Å². The van der Waals surface area contributed by atoms with Crippen molar-refractivity contribution in [3.05, 3.63) is 12.2 Å². The Kier molecular flexibility index (Phi) is 4.22. The summed E-state index contributed by atoms with van der Waals surface area (Å²) in [7, 11) is 0. The van der Waals surface area contributed by atoms with Gasteiger partial charge in [0.2, 0.25) is 0 Å². The molecule has 0 aromatic rings. The fraction of sp³-hybridized carbons (Fsp3) is 0.864. The van der Waals surface area contributed by atoms with E-state index in [1.54, 1.807) is 20.8 Å². The van der Waals surface area contributed by atoms with Crippen molar-refractivity contribution in [2.24, 2.45) is 28.6 Å². The number of carbonyl (C=O) groups is 1. The fourth-order valence-electron chi connectivity index (χ4n) is 7.53. The summed E-state index contributed by atoms with van der Waals surface area (Å²) >= 11 is 0. The zero-order valence-corrected chi connectivity index (χ0v) is 17.3. The van der Waals surface area contributed by atoms with Crippen LogP contribution >= 0.6 is 0 Å². The van der Waals surface area contributed by atoms with Crippen molar-refractivity contribution < 1.29 is 30.0 Å². The summed E-state index contributed by atoms with van der Waals surface area (Å²) in [6.07, 6.45) is 0.0770. The number of hydrogen-bond donors (Lipinski definition) is 4. The summed E-state index contributed by atoms with van der Waals surface area (Å²) in [5, 5.41) is 45.1. The van der Waals surface area contributed by atoms with Crippen molar-refractivity contribution in [1.82, 2.24) is 0 Å². The highest BCUT2D eigenvalue weighted by Crippen LogP contribution is 2.69. The monoisotopic (exact) mass is 394 g/mol. The van der Waals surface area contributed by atoms with E-state index < -0.39 is 52.2 Å². The molecule has 0 aromatic carbocycles. The number of esters is 1. The first kappa shape index (κ1) is 20.3. The molecule has 0 unspecified atom stereocenters. The quantitative estimate of drug-likeness (QED) is 0.397. The zero-order valence-electron chi connectivity index (χ0n) is 17.3. The van der Waals surface area contributed by atoms with Gasteiger partial charge in [0, 0.05) is 29.6 Å². The van der Waals surface area contributed by atoms with Gasteiger partial charge in [0.15, 0.2) is 0 Å². The Bertz CT molecular complexity index is 714. The second kappa shape index (κ2) is 5.81. The number of rotatable bonds is 1.